The smallest absolute Gasteiger partial charge is 0.0641 e. The Morgan fingerprint density at radius 2 is 2.12 bits per heavy atom. The lowest BCUT2D eigenvalue weighted by Crippen LogP contribution is -2.44. The van der Waals surface area contributed by atoms with Crippen LogP contribution in [-0.4, -0.2) is 49.3 Å². The van der Waals surface area contributed by atoms with Gasteiger partial charge in [0.25, 0.3) is 0 Å². The first kappa shape index (κ1) is 14.9. The van der Waals surface area contributed by atoms with Crippen LogP contribution < -0.4 is 5.32 Å². The summed E-state index contributed by atoms with van der Waals surface area (Å²) in [5.74, 6) is 0. The zero-order valence-corrected chi connectivity index (χ0v) is 12.3. The van der Waals surface area contributed by atoms with Gasteiger partial charge in [0.1, 0.15) is 0 Å². The maximum atomic E-state index is 5.72. The number of ether oxygens (including phenoxy) is 1. The third-order valence-corrected chi connectivity index (χ3v) is 3.70. The first-order valence-corrected chi connectivity index (χ1v) is 6.98. The van der Waals surface area contributed by atoms with E-state index in [1.807, 2.05) is 0 Å². The summed E-state index contributed by atoms with van der Waals surface area (Å²) in [7, 11) is 2.20. The van der Waals surface area contributed by atoms with Crippen LogP contribution in [0.25, 0.3) is 0 Å². The highest BCUT2D eigenvalue weighted by molar-refractivity contribution is 4.82. The molecule has 102 valence electrons. The van der Waals surface area contributed by atoms with E-state index in [2.05, 4.69) is 45.0 Å². The van der Waals surface area contributed by atoms with Gasteiger partial charge in [0, 0.05) is 18.7 Å². The van der Waals surface area contributed by atoms with Crippen molar-refractivity contribution >= 4 is 0 Å². The molecule has 1 aliphatic heterocycles. The number of nitrogens with one attached hydrogen (secondary N) is 1. The van der Waals surface area contributed by atoms with Crippen molar-refractivity contribution in [1.82, 2.24) is 10.2 Å². The molecule has 0 saturated carbocycles. The quantitative estimate of drug-likeness (QED) is 0.723. The van der Waals surface area contributed by atoms with E-state index in [1.165, 1.54) is 13.0 Å². The van der Waals surface area contributed by atoms with Crippen LogP contribution in [0.2, 0.25) is 0 Å². The van der Waals surface area contributed by atoms with E-state index in [4.69, 9.17) is 4.74 Å². The van der Waals surface area contributed by atoms with E-state index in [1.54, 1.807) is 0 Å². The molecule has 0 aromatic carbocycles. The maximum absolute atomic E-state index is 5.72. The minimum absolute atomic E-state index is 0.0602. The molecule has 1 rings (SSSR count). The predicted octanol–water partition coefficient (Wildman–Crippen LogP) is 2.26. The predicted molar refractivity (Wildman–Crippen MR) is 73.4 cm³/mol. The van der Waals surface area contributed by atoms with Crippen LogP contribution in [-0.2, 0) is 4.74 Å². The third kappa shape index (κ3) is 5.84. The summed E-state index contributed by atoms with van der Waals surface area (Å²) in [6.07, 6.45) is 3.52. The van der Waals surface area contributed by atoms with Gasteiger partial charge >= 0.3 is 0 Å². The monoisotopic (exact) mass is 242 g/mol. The first-order chi connectivity index (χ1) is 7.91. The van der Waals surface area contributed by atoms with E-state index in [0.29, 0.717) is 12.1 Å². The van der Waals surface area contributed by atoms with E-state index < -0.39 is 0 Å². The third-order valence-electron chi connectivity index (χ3n) is 3.70. The van der Waals surface area contributed by atoms with Crippen molar-refractivity contribution in [2.24, 2.45) is 0 Å². The van der Waals surface area contributed by atoms with Crippen LogP contribution in [0.1, 0.15) is 47.0 Å². The van der Waals surface area contributed by atoms with E-state index in [-0.39, 0.29) is 5.60 Å². The summed E-state index contributed by atoms with van der Waals surface area (Å²) in [5, 5.41) is 3.66. The summed E-state index contributed by atoms with van der Waals surface area (Å²) in [6.45, 7) is 12.1. The van der Waals surface area contributed by atoms with Crippen LogP contribution >= 0.6 is 0 Å². The van der Waals surface area contributed by atoms with Crippen LogP contribution in [0.4, 0.5) is 0 Å². The van der Waals surface area contributed by atoms with Crippen molar-refractivity contribution in [3.8, 4) is 0 Å². The zero-order chi connectivity index (χ0) is 12.9. The van der Waals surface area contributed by atoms with Crippen molar-refractivity contribution in [3.05, 3.63) is 0 Å². The maximum Gasteiger partial charge on any atom is 0.0641 e. The second-order valence-corrected chi connectivity index (χ2v) is 6.18. The Hall–Kier alpha value is -0.120. The van der Waals surface area contributed by atoms with Crippen molar-refractivity contribution in [2.75, 3.05) is 26.7 Å². The van der Waals surface area contributed by atoms with Gasteiger partial charge in [-0.3, -0.25) is 0 Å². The van der Waals surface area contributed by atoms with Crippen LogP contribution in [0, 0.1) is 0 Å². The summed E-state index contributed by atoms with van der Waals surface area (Å²) in [6, 6.07) is 1.29. The van der Waals surface area contributed by atoms with Gasteiger partial charge in [-0.2, -0.15) is 0 Å². The Morgan fingerprint density at radius 3 is 2.71 bits per heavy atom. The molecule has 0 aliphatic carbocycles. The summed E-state index contributed by atoms with van der Waals surface area (Å²) in [5.41, 5.74) is 0.0602. The van der Waals surface area contributed by atoms with E-state index in [9.17, 15) is 0 Å². The molecule has 0 spiro atoms. The van der Waals surface area contributed by atoms with Gasteiger partial charge in [-0.25, -0.2) is 0 Å². The van der Waals surface area contributed by atoms with Gasteiger partial charge in [0.05, 0.1) is 5.60 Å². The number of rotatable bonds is 6. The molecule has 0 aromatic heterocycles. The SMILES string of the molecule is CC(C)N(C)CCCNC1CCOC(C)(C)C1. The highest BCUT2D eigenvalue weighted by Crippen LogP contribution is 2.23. The zero-order valence-electron chi connectivity index (χ0n) is 12.3. The van der Waals surface area contributed by atoms with Crippen molar-refractivity contribution in [1.29, 1.82) is 0 Å². The summed E-state index contributed by atoms with van der Waals surface area (Å²) >= 11 is 0. The van der Waals surface area contributed by atoms with Gasteiger partial charge < -0.3 is 15.0 Å². The molecular weight excluding hydrogens is 212 g/mol. The molecule has 0 aromatic rings. The Morgan fingerprint density at radius 1 is 1.41 bits per heavy atom. The van der Waals surface area contributed by atoms with Gasteiger partial charge in [0.2, 0.25) is 0 Å². The molecule has 1 atom stereocenters. The van der Waals surface area contributed by atoms with Gasteiger partial charge in [-0.15, -0.1) is 0 Å². The molecule has 1 aliphatic rings. The van der Waals surface area contributed by atoms with Crippen molar-refractivity contribution in [2.45, 2.75) is 64.6 Å². The molecule has 0 radical (unpaired) electrons. The molecule has 1 N–H and O–H groups in total. The van der Waals surface area contributed by atoms with Gasteiger partial charge in [0.15, 0.2) is 0 Å². The molecule has 1 heterocycles. The van der Waals surface area contributed by atoms with E-state index >= 15 is 0 Å². The van der Waals surface area contributed by atoms with Crippen molar-refractivity contribution in [3.63, 3.8) is 0 Å². The van der Waals surface area contributed by atoms with Crippen LogP contribution in [0.3, 0.4) is 0 Å². The lowest BCUT2D eigenvalue weighted by atomic mass is 9.94. The Labute approximate surface area is 107 Å². The number of nitrogens with zero attached hydrogens (tertiary/aromatic N) is 1. The first-order valence-electron chi connectivity index (χ1n) is 6.98. The molecule has 17 heavy (non-hydrogen) atoms. The minimum Gasteiger partial charge on any atom is -0.375 e. The largest absolute Gasteiger partial charge is 0.375 e. The summed E-state index contributed by atoms with van der Waals surface area (Å²) < 4.78 is 5.72. The lowest BCUT2D eigenvalue weighted by molar-refractivity contribution is -0.0628. The highest BCUT2D eigenvalue weighted by atomic mass is 16.5. The molecule has 1 unspecified atom stereocenters. The molecule has 0 amide bonds. The number of hydrogen-bond donors (Lipinski definition) is 1. The topological polar surface area (TPSA) is 24.5 Å². The fourth-order valence-corrected chi connectivity index (χ4v) is 2.30. The molecule has 1 saturated heterocycles. The molecule has 1 fully saturated rings. The molecule has 3 nitrogen and oxygen atoms in total. The molecular formula is C14H30N2O. The molecule has 3 heteroatoms. The average molecular weight is 242 g/mol. The standard InChI is InChI=1S/C14H30N2O/c1-12(2)16(5)9-6-8-15-13-7-10-17-14(3,4)11-13/h12-13,15H,6-11H2,1-5H3. The average Bonchev–Trinajstić information content (AvgIpc) is 2.22. The normalized spacial score (nSPS) is 24.5. The Bertz CT molecular complexity index is 216. The molecule has 0 bridgehead atoms. The van der Waals surface area contributed by atoms with Crippen LogP contribution in [0.5, 0.6) is 0 Å². The second kappa shape index (κ2) is 6.72. The second-order valence-electron chi connectivity index (χ2n) is 6.18. The fourth-order valence-electron chi connectivity index (χ4n) is 2.30. The van der Waals surface area contributed by atoms with Gasteiger partial charge in [-0.05, 0) is 67.1 Å². The fraction of sp³-hybridized carbons (Fsp3) is 1.00. The van der Waals surface area contributed by atoms with Crippen molar-refractivity contribution < 1.29 is 4.74 Å². The minimum atomic E-state index is 0.0602. The van der Waals surface area contributed by atoms with Crippen LogP contribution in [0.15, 0.2) is 0 Å². The summed E-state index contributed by atoms with van der Waals surface area (Å²) in [4.78, 5) is 2.40. The lowest BCUT2D eigenvalue weighted by Gasteiger charge is -2.36. The van der Waals surface area contributed by atoms with E-state index in [0.717, 1.165) is 26.0 Å². The Balaban J connectivity index is 2.10. The van der Waals surface area contributed by atoms with Gasteiger partial charge in [-0.1, -0.05) is 0 Å². The number of hydrogen-bond acceptors (Lipinski definition) is 3. The highest BCUT2D eigenvalue weighted by Gasteiger charge is 2.28. The Kier molecular flexibility index (Phi) is 5.90.